The largest absolute Gasteiger partial charge is 0.493 e. The summed E-state index contributed by atoms with van der Waals surface area (Å²) in [6.45, 7) is 2.81. The summed E-state index contributed by atoms with van der Waals surface area (Å²) in [6, 6.07) is 5.77. The molecule has 1 aromatic carbocycles. The quantitative estimate of drug-likeness (QED) is 0.815. The van der Waals surface area contributed by atoms with Crippen LogP contribution in [0.15, 0.2) is 24.3 Å². The van der Waals surface area contributed by atoms with Crippen LogP contribution in [0.25, 0.3) is 0 Å². The van der Waals surface area contributed by atoms with Crippen molar-refractivity contribution in [1.82, 2.24) is 4.90 Å². The third-order valence-corrected chi connectivity index (χ3v) is 2.76. The molecule has 0 aromatic heterocycles. The molecule has 0 N–H and O–H groups in total. The highest BCUT2D eigenvalue weighted by molar-refractivity contribution is 5.76. The molecule has 4 nitrogen and oxygen atoms in total. The number of carbonyl (C=O) groups excluding carboxylic acids is 1. The topological polar surface area (TPSA) is 38.8 Å². The Morgan fingerprint density at radius 2 is 1.94 bits per heavy atom. The third-order valence-electron chi connectivity index (χ3n) is 2.76. The van der Waals surface area contributed by atoms with Gasteiger partial charge in [0.1, 0.15) is 11.6 Å². The first-order chi connectivity index (χ1) is 8.75. The van der Waals surface area contributed by atoms with Crippen LogP contribution in [0, 0.1) is 5.82 Å². The highest BCUT2D eigenvalue weighted by atomic mass is 19.1. The van der Waals surface area contributed by atoms with Gasteiger partial charge in [0.15, 0.2) is 0 Å². The fraction of sp³-hybridized carbons (Fsp3) is 0.462. The number of ether oxygens (including phenoxy) is 2. The Morgan fingerprint density at radius 1 is 1.28 bits per heavy atom. The van der Waals surface area contributed by atoms with Crippen molar-refractivity contribution in [1.29, 1.82) is 0 Å². The van der Waals surface area contributed by atoms with E-state index in [0.29, 0.717) is 45.1 Å². The molecule has 18 heavy (non-hydrogen) atoms. The summed E-state index contributed by atoms with van der Waals surface area (Å²) in [4.78, 5) is 13.5. The van der Waals surface area contributed by atoms with Gasteiger partial charge in [-0.15, -0.1) is 0 Å². The molecular formula is C13H16FNO3. The van der Waals surface area contributed by atoms with Crippen LogP contribution in [-0.2, 0) is 9.53 Å². The first-order valence-corrected chi connectivity index (χ1v) is 5.99. The van der Waals surface area contributed by atoms with Crippen LogP contribution in [0.5, 0.6) is 5.75 Å². The Bertz CT molecular complexity index is 388. The van der Waals surface area contributed by atoms with Crippen LogP contribution >= 0.6 is 0 Å². The molecule has 1 aliphatic heterocycles. The second-order valence-electron chi connectivity index (χ2n) is 4.05. The summed E-state index contributed by atoms with van der Waals surface area (Å²) in [5.41, 5.74) is 0. The van der Waals surface area contributed by atoms with Gasteiger partial charge in [0.05, 0.1) is 26.2 Å². The Labute approximate surface area is 105 Å². The van der Waals surface area contributed by atoms with Crippen LogP contribution in [0.1, 0.15) is 6.42 Å². The predicted molar refractivity (Wildman–Crippen MR) is 63.9 cm³/mol. The van der Waals surface area contributed by atoms with Gasteiger partial charge in [-0.1, -0.05) is 0 Å². The lowest BCUT2D eigenvalue weighted by molar-refractivity contribution is -0.135. The maximum atomic E-state index is 12.7. The fourth-order valence-corrected chi connectivity index (χ4v) is 1.76. The fourth-order valence-electron chi connectivity index (χ4n) is 1.76. The summed E-state index contributed by atoms with van der Waals surface area (Å²) in [5, 5.41) is 0. The van der Waals surface area contributed by atoms with E-state index >= 15 is 0 Å². The van der Waals surface area contributed by atoms with Crippen LogP contribution < -0.4 is 4.74 Å². The molecule has 1 fully saturated rings. The van der Waals surface area contributed by atoms with Crippen LogP contribution in [0.4, 0.5) is 4.39 Å². The van der Waals surface area contributed by atoms with Gasteiger partial charge in [-0.2, -0.15) is 0 Å². The monoisotopic (exact) mass is 253 g/mol. The average molecular weight is 253 g/mol. The van der Waals surface area contributed by atoms with E-state index in [4.69, 9.17) is 9.47 Å². The molecule has 1 amide bonds. The van der Waals surface area contributed by atoms with E-state index in [1.165, 1.54) is 12.1 Å². The van der Waals surface area contributed by atoms with E-state index in [-0.39, 0.29) is 11.7 Å². The van der Waals surface area contributed by atoms with Gasteiger partial charge < -0.3 is 14.4 Å². The van der Waals surface area contributed by atoms with Crippen molar-refractivity contribution >= 4 is 5.91 Å². The number of hydrogen-bond acceptors (Lipinski definition) is 3. The molecule has 0 radical (unpaired) electrons. The molecule has 0 unspecified atom stereocenters. The van der Waals surface area contributed by atoms with E-state index in [1.807, 2.05) is 0 Å². The van der Waals surface area contributed by atoms with Crippen molar-refractivity contribution in [2.75, 3.05) is 32.9 Å². The SMILES string of the molecule is O=C(CCOc1ccc(F)cc1)N1CCOCC1. The van der Waals surface area contributed by atoms with E-state index in [1.54, 1.807) is 17.0 Å². The van der Waals surface area contributed by atoms with Crippen molar-refractivity contribution in [3.8, 4) is 5.75 Å². The van der Waals surface area contributed by atoms with Crippen LogP contribution in [0.3, 0.4) is 0 Å². The zero-order valence-corrected chi connectivity index (χ0v) is 10.1. The first kappa shape index (κ1) is 12.8. The van der Waals surface area contributed by atoms with E-state index in [9.17, 15) is 9.18 Å². The predicted octanol–water partition coefficient (Wildman–Crippen LogP) is 1.45. The molecule has 0 bridgehead atoms. The third kappa shape index (κ3) is 3.70. The van der Waals surface area contributed by atoms with Gasteiger partial charge in [0.2, 0.25) is 5.91 Å². The molecule has 1 heterocycles. The van der Waals surface area contributed by atoms with Gasteiger partial charge in [-0.25, -0.2) is 4.39 Å². The number of halogens is 1. The van der Waals surface area contributed by atoms with Gasteiger partial charge in [0, 0.05) is 13.1 Å². The lowest BCUT2D eigenvalue weighted by Gasteiger charge is -2.26. The highest BCUT2D eigenvalue weighted by Crippen LogP contribution is 2.11. The van der Waals surface area contributed by atoms with Gasteiger partial charge in [0.25, 0.3) is 0 Å². The summed E-state index contributed by atoms with van der Waals surface area (Å²) in [6.07, 6.45) is 0.331. The van der Waals surface area contributed by atoms with Crippen LogP contribution in [-0.4, -0.2) is 43.7 Å². The van der Waals surface area contributed by atoms with E-state index in [0.717, 1.165) is 0 Å². The second-order valence-corrected chi connectivity index (χ2v) is 4.05. The minimum absolute atomic E-state index is 0.0698. The summed E-state index contributed by atoms with van der Waals surface area (Å²) < 4.78 is 23.2. The molecule has 2 rings (SSSR count). The standard InChI is InChI=1S/C13H16FNO3/c14-11-1-3-12(4-2-11)18-8-5-13(16)15-6-9-17-10-7-15/h1-4H,5-10H2. The molecule has 0 spiro atoms. The maximum Gasteiger partial charge on any atom is 0.226 e. The van der Waals surface area contributed by atoms with Crippen molar-refractivity contribution in [3.05, 3.63) is 30.1 Å². The van der Waals surface area contributed by atoms with Gasteiger partial charge >= 0.3 is 0 Å². The molecule has 0 saturated carbocycles. The van der Waals surface area contributed by atoms with Crippen molar-refractivity contribution in [3.63, 3.8) is 0 Å². The minimum Gasteiger partial charge on any atom is -0.493 e. The lowest BCUT2D eigenvalue weighted by atomic mass is 10.3. The number of morpholine rings is 1. The number of amides is 1. The zero-order valence-electron chi connectivity index (χ0n) is 10.1. The maximum absolute atomic E-state index is 12.7. The van der Waals surface area contributed by atoms with Crippen molar-refractivity contribution < 1.29 is 18.7 Å². The first-order valence-electron chi connectivity index (χ1n) is 5.99. The normalized spacial score (nSPS) is 15.5. The number of rotatable bonds is 4. The Balaban J connectivity index is 1.71. The summed E-state index contributed by atoms with van der Waals surface area (Å²) >= 11 is 0. The Hall–Kier alpha value is -1.62. The molecule has 5 heteroatoms. The summed E-state index contributed by atoms with van der Waals surface area (Å²) in [7, 11) is 0. The van der Waals surface area contributed by atoms with Crippen molar-refractivity contribution in [2.24, 2.45) is 0 Å². The minimum atomic E-state index is -0.299. The molecule has 0 atom stereocenters. The van der Waals surface area contributed by atoms with Gasteiger partial charge in [-0.05, 0) is 24.3 Å². The Kier molecular flexibility index (Phi) is 4.52. The van der Waals surface area contributed by atoms with Gasteiger partial charge in [-0.3, -0.25) is 4.79 Å². The molecular weight excluding hydrogens is 237 g/mol. The lowest BCUT2D eigenvalue weighted by Crippen LogP contribution is -2.41. The van der Waals surface area contributed by atoms with Crippen LogP contribution in [0.2, 0.25) is 0 Å². The number of hydrogen-bond donors (Lipinski definition) is 0. The zero-order chi connectivity index (χ0) is 12.8. The highest BCUT2D eigenvalue weighted by Gasteiger charge is 2.16. The number of benzene rings is 1. The number of nitrogens with zero attached hydrogens (tertiary/aromatic N) is 1. The second kappa shape index (κ2) is 6.35. The molecule has 0 aliphatic carbocycles. The smallest absolute Gasteiger partial charge is 0.226 e. The molecule has 1 saturated heterocycles. The molecule has 1 aromatic rings. The molecule has 98 valence electrons. The van der Waals surface area contributed by atoms with E-state index < -0.39 is 0 Å². The van der Waals surface area contributed by atoms with E-state index in [2.05, 4.69) is 0 Å². The Morgan fingerprint density at radius 3 is 2.61 bits per heavy atom. The average Bonchev–Trinajstić information content (AvgIpc) is 2.42. The van der Waals surface area contributed by atoms with Crippen molar-refractivity contribution in [2.45, 2.75) is 6.42 Å². The summed E-state index contributed by atoms with van der Waals surface area (Å²) in [5.74, 6) is 0.346. The number of carbonyl (C=O) groups is 1. The molecule has 1 aliphatic rings.